The Hall–Kier alpha value is 0.1000. The Balaban J connectivity index is 2.43. The number of hydrogen-bond acceptors (Lipinski definition) is 0. The Morgan fingerprint density at radius 2 is 1.76 bits per heavy atom. The third-order valence-electron chi connectivity index (χ3n) is 3.49. The highest BCUT2D eigenvalue weighted by atomic mass is 79.9. The first-order valence-corrected chi connectivity index (χ1v) is 9.74. The Morgan fingerprint density at radius 3 is 2.33 bits per heavy atom. The van der Waals surface area contributed by atoms with E-state index in [9.17, 15) is 4.39 Å². The molecule has 0 fully saturated rings. The minimum Gasteiger partial charge on any atom is -0.207 e. The fraction of sp³-hybridized carbons (Fsp3) is 0.250. The standard InChI is InChI=1S/C16H13Br3ClF/c17-9-16(10-18,12-2-1-3-13(19)6-12)8-11-4-5-14(20)7-15(11)21/h1-7H,8-10H2. The molecular weight excluding hydrogens is 486 g/mol. The highest BCUT2D eigenvalue weighted by Crippen LogP contribution is 2.35. The van der Waals surface area contributed by atoms with Crippen LogP contribution in [0.1, 0.15) is 11.1 Å². The lowest BCUT2D eigenvalue weighted by molar-refractivity contribution is 0.522. The van der Waals surface area contributed by atoms with Crippen molar-refractivity contribution in [2.45, 2.75) is 11.8 Å². The van der Waals surface area contributed by atoms with E-state index in [1.54, 1.807) is 12.1 Å². The summed E-state index contributed by atoms with van der Waals surface area (Å²) in [6.07, 6.45) is 0.586. The Morgan fingerprint density at radius 1 is 1.05 bits per heavy atom. The smallest absolute Gasteiger partial charge is 0.127 e. The predicted octanol–water partition coefficient (Wildman–Crippen LogP) is 6.51. The largest absolute Gasteiger partial charge is 0.207 e. The zero-order valence-corrected chi connectivity index (χ0v) is 16.6. The third kappa shape index (κ3) is 4.10. The van der Waals surface area contributed by atoms with Crippen LogP contribution in [-0.2, 0) is 11.8 Å². The molecule has 2 aromatic carbocycles. The molecule has 0 aromatic heterocycles. The maximum Gasteiger partial charge on any atom is 0.127 e. The quantitative estimate of drug-likeness (QED) is 0.412. The zero-order chi connectivity index (χ0) is 15.5. The van der Waals surface area contributed by atoms with Gasteiger partial charge in [0.2, 0.25) is 0 Å². The van der Waals surface area contributed by atoms with Gasteiger partial charge >= 0.3 is 0 Å². The molecule has 21 heavy (non-hydrogen) atoms. The van der Waals surface area contributed by atoms with Gasteiger partial charge in [-0.15, -0.1) is 0 Å². The van der Waals surface area contributed by atoms with E-state index in [1.165, 1.54) is 6.07 Å². The molecule has 0 aliphatic carbocycles. The van der Waals surface area contributed by atoms with Crippen molar-refractivity contribution < 1.29 is 4.39 Å². The van der Waals surface area contributed by atoms with Gasteiger partial charge < -0.3 is 0 Å². The third-order valence-corrected chi connectivity index (χ3v) is 6.37. The van der Waals surface area contributed by atoms with Crippen molar-refractivity contribution in [1.82, 2.24) is 0 Å². The molecule has 0 amide bonds. The lowest BCUT2D eigenvalue weighted by Crippen LogP contribution is -2.33. The van der Waals surface area contributed by atoms with Crippen LogP contribution in [0.15, 0.2) is 46.9 Å². The van der Waals surface area contributed by atoms with E-state index in [4.69, 9.17) is 11.6 Å². The maximum absolute atomic E-state index is 14.1. The van der Waals surface area contributed by atoms with Crippen LogP contribution in [0.2, 0.25) is 5.02 Å². The minimum absolute atomic E-state index is 0.224. The molecule has 0 N–H and O–H groups in total. The van der Waals surface area contributed by atoms with Crippen molar-refractivity contribution in [3.05, 3.63) is 68.9 Å². The van der Waals surface area contributed by atoms with Gasteiger partial charge in [-0.1, -0.05) is 77.6 Å². The molecule has 0 aliphatic heterocycles. The first kappa shape index (κ1) is 17.5. The van der Waals surface area contributed by atoms with Crippen LogP contribution in [0.25, 0.3) is 0 Å². The van der Waals surface area contributed by atoms with Crippen LogP contribution >= 0.6 is 59.4 Å². The van der Waals surface area contributed by atoms with E-state index < -0.39 is 0 Å². The summed E-state index contributed by atoms with van der Waals surface area (Å²) in [7, 11) is 0. The normalized spacial score (nSPS) is 11.7. The first-order valence-electron chi connectivity index (χ1n) is 6.33. The second kappa shape index (κ2) is 7.58. The monoisotopic (exact) mass is 496 g/mol. The van der Waals surface area contributed by atoms with Crippen molar-refractivity contribution in [3.63, 3.8) is 0 Å². The summed E-state index contributed by atoms with van der Waals surface area (Å²) in [5, 5.41) is 1.87. The lowest BCUT2D eigenvalue weighted by atomic mass is 9.79. The maximum atomic E-state index is 14.1. The van der Waals surface area contributed by atoms with Crippen LogP contribution in [-0.4, -0.2) is 10.7 Å². The summed E-state index contributed by atoms with van der Waals surface area (Å²) in [6.45, 7) is 0. The van der Waals surface area contributed by atoms with E-state index in [0.29, 0.717) is 17.0 Å². The van der Waals surface area contributed by atoms with Crippen molar-refractivity contribution >= 4 is 59.4 Å². The van der Waals surface area contributed by atoms with E-state index in [1.807, 2.05) is 12.1 Å². The molecular formula is C16H13Br3ClF. The zero-order valence-electron chi connectivity index (χ0n) is 11.1. The molecule has 0 atom stereocenters. The molecule has 0 saturated heterocycles. The van der Waals surface area contributed by atoms with Gasteiger partial charge in [0.25, 0.3) is 0 Å². The highest BCUT2D eigenvalue weighted by molar-refractivity contribution is 9.10. The van der Waals surface area contributed by atoms with Gasteiger partial charge in [0, 0.05) is 25.6 Å². The molecule has 112 valence electrons. The summed E-state index contributed by atoms with van der Waals surface area (Å²) < 4.78 is 15.1. The minimum atomic E-state index is -0.260. The fourth-order valence-corrected chi connectivity index (χ4v) is 4.77. The molecule has 0 aliphatic rings. The van der Waals surface area contributed by atoms with Gasteiger partial charge in [-0.2, -0.15) is 0 Å². The highest BCUT2D eigenvalue weighted by Gasteiger charge is 2.31. The van der Waals surface area contributed by atoms with Crippen LogP contribution in [0, 0.1) is 5.82 Å². The van der Waals surface area contributed by atoms with E-state index >= 15 is 0 Å². The SMILES string of the molecule is Fc1cc(Cl)ccc1CC(CBr)(CBr)c1cccc(Br)c1. The van der Waals surface area contributed by atoms with Crippen LogP contribution < -0.4 is 0 Å². The number of rotatable bonds is 5. The van der Waals surface area contributed by atoms with Gasteiger partial charge in [-0.25, -0.2) is 4.39 Å². The number of alkyl halides is 2. The molecule has 0 unspecified atom stereocenters. The van der Waals surface area contributed by atoms with E-state index in [0.717, 1.165) is 20.7 Å². The second-order valence-corrected chi connectivity index (χ2v) is 7.44. The molecule has 0 saturated carbocycles. The van der Waals surface area contributed by atoms with Crippen molar-refractivity contribution in [1.29, 1.82) is 0 Å². The van der Waals surface area contributed by atoms with Crippen LogP contribution in [0.5, 0.6) is 0 Å². The molecule has 0 nitrogen and oxygen atoms in total. The summed E-state index contributed by atoms with van der Waals surface area (Å²) in [4.78, 5) is 0. The molecule has 0 spiro atoms. The Kier molecular flexibility index (Phi) is 6.30. The molecule has 0 radical (unpaired) electrons. The average molecular weight is 499 g/mol. The fourth-order valence-electron chi connectivity index (χ4n) is 2.23. The Bertz CT molecular complexity index is 627. The number of halogens is 5. The van der Waals surface area contributed by atoms with Crippen LogP contribution in [0.4, 0.5) is 4.39 Å². The summed E-state index contributed by atoms with van der Waals surface area (Å²) >= 11 is 16.5. The lowest BCUT2D eigenvalue weighted by Gasteiger charge is -2.31. The second-order valence-electron chi connectivity index (χ2n) is 4.97. The summed E-state index contributed by atoms with van der Waals surface area (Å²) in [5.74, 6) is -0.260. The van der Waals surface area contributed by atoms with Crippen molar-refractivity contribution in [2.75, 3.05) is 10.7 Å². The predicted molar refractivity (Wildman–Crippen MR) is 98.5 cm³/mol. The van der Waals surface area contributed by atoms with E-state index in [-0.39, 0.29) is 11.2 Å². The van der Waals surface area contributed by atoms with Gasteiger partial charge in [0.15, 0.2) is 0 Å². The van der Waals surface area contributed by atoms with Gasteiger partial charge in [0.1, 0.15) is 5.82 Å². The summed E-state index contributed by atoms with van der Waals surface area (Å²) in [5.41, 5.74) is 1.59. The molecule has 2 aromatic rings. The molecule has 0 heterocycles. The first-order chi connectivity index (χ1) is 10.0. The van der Waals surface area contributed by atoms with Gasteiger partial charge in [-0.05, 0) is 41.8 Å². The molecule has 5 heteroatoms. The van der Waals surface area contributed by atoms with Crippen LogP contribution in [0.3, 0.4) is 0 Å². The Labute approximate surface area is 154 Å². The van der Waals surface area contributed by atoms with Crippen molar-refractivity contribution in [2.24, 2.45) is 0 Å². The van der Waals surface area contributed by atoms with Gasteiger partial charge in [0.05, 0.1) is 0 Å². The van der Waals surface area contributed by atoms with Crippen molar-refractivity contribution in [3.8, 4) is 0 Å². The van der Waals surface area contributed by atoms with Gasteiger partial charge in [-0.3, -0.25) is 0 Å². The topological polar surface area (TPSA) is 0 Å². The molecule has 0 bridgehead atoms. The summed E-state index contributed by atoms with van der Waals surface area (Å²) in [6, 6.07) is 13.0. The number of hydrogen-bond donors (Lipinski definition) is 0. The van der Waals surface area contributed by atoms with E-state index in [2.05, 4.69) is 59.9 Å². The molecule has 2 rings (SSSR count). The average Bonchev–Trinajstić information content (AvgIpc) is 2.47. The number of benzene rings is 2.